The van der Waals surface area contributed by atoms with E-state index in [1.807, 2.05) is 12.2 Å². The van der Waals surface area contributed by atoms with Gasteiger partial charge in [-0.2, -0.15) is 10.1 Å². The molecule has 1 heterocycles. The summed E-state index contributed by atoms with van der Waals surface area (Å²) < 4.78 is 11.2. The summed E-state index contributed by atoms with van der Waals surface area (Å²) in [5, 5.41) is 14.3. The number of carboxylic acids is 1. The van der Waals surface area contributed by atoms with Crippen molar-refractivity contribution in [2.75, 3.05) is 7.11 Å². The first-order valence-electron chi connectivity index (χ1n) is 10.7. The number of carbonyl (C=O) groups excluding carboxylic acids is 2. The number of hydrogen-bond acceptors (Lipinski definition) is 6. The Morgan fingerprint density at radius 1 is 1.09 bits per heavy atom. The van der Waals surface area contributed by atoms with Crippen LogP contribution in [0.1, 0.15) is 27.9 Å². The number of fused-ring (bicyclic) bond motifs is 5. The molecule has 168 valence electrons. The van der Waals surface area contributed by atoms with Crippen LogP contribution in [0, 0.1) is 23.7 Å². The molecule has 0 radical (unpaired) electrons. The second kappa shape index (κ2) is 8.20. The number of benzene rings is 2. The van der Waals surface area contributed by atoms with Gasteiger partial charge in [0.25, 0.3) is 11.8 Å². The number of carboxylic acid groups (broad SMARTS) is 1. The molecular weight excluding hydrogens is 424 g/mol. The first-order chi connectivity index (χ1) is 16.0. The largest absolute Gasteiger partial charge is 0.493 e. The van der Waals surface area contributed by atoms with Crippen LogP contribution in [0.3, 0.4) is 0 Å². The molecule has 0 unspecified atom stereocenters. The molecule has 1 aliphatic heterocycles. The number of hydrogen-bond donors (Lipinski definition) is 1. The fraction of sp³-hybridized carbons (Fsp3) is 0.280. The first-order valence-corrected chi connectivity index (χ1v) is 10.7. The summed E-state index contributed by atoms with van der Waals surface area (Å²) in [4.78, 5) is 36.6. The maximum atomic E-state index is 12.7. The third-order valence-electron chi connectivity index (χ3n) is 6.53. The predicted molar refractivity (Wildman–Crippen MR) is 118 cm³/mol. The minimum atomic E-state index is -0.999. The molecule has 5 rings (SSSR count). The standard InChI is InChI=1S/C25H22N2O6/c1-32-20-10-14(5-8-19(20)33-13-15-3-2-4-18(9-15)25(30)31)12-26-27-23(28)21-16-6-7-17(11-16)22(21)24(27)29/h2-10,12,16-17,21-22H,11,13H2,1H3,(H,30,31)/t16-,17-,21-,22+/m0/s1. The lowest BCUT2D eigenvalue weighted by Crippen LogP contribution is -2.28. The highest BCUT2D eigenvalue weighted by Crippen LogP contribution is 2.52. The quantitative estimate of drug-likeness (QED) is 0.398. The lowest BCUT2D eigenvalue weighted by atomic mass is 9.85. The number of rotatable bonds is 7. The van der Waals surface area contributed by atoms with Gasteiger partial charge in [0.1, 0.15) is 6.61 Å². The average molecular weight is 446 g/mol. The lowest BCUT2D eigenvalue weighted by Gasteiger charge is -2.13. The third kappa shape index (κ3) is 3.67. The summed E-state index contributed by atoms with van der Waals surface area (Å²) in [6.07, 6.45) is 6.44. The van der Waals surface area contributed by atoms with Gasteiger partial charge in [-0.1, -0.05) is 24.3 Å². The number of ether oxygens (including phenoxy) is 2. The maximum Gasteiger partial charge on any atom is 0.335 e. The van der Waals surface area contributed by atoms with E-state index in [2.05, 4.69) is 5.10 Å². The fourth-order valence-electron chi connectivity index (χ4n) is 4.96. The Hall–Kier alpha value is -3.94. The van der Waals surface area contributed by atoms with Gasteiger partial charge in [-0.3, -0.25) is 9.59 Å². The number of hydrazone groups is 1. The van der Waals surface area contributed by atoms with Gasteiger partial charge in [0.05, 0.1) is 30.7 Å². The summed E-state index contributed by atoms with van der Waals surface area (Å²) in [5.74, 6) is -0.812. The van der Waals surface area contributed by atoms with Gasteiger partial charge in [0.15, 0.2) is 11.5 Å². The van der Waals surface area contributed by atoms with Crippen molar-refractivity contribution in [2.24, 2.45) is 28.8 Å². The molecule has 2 aromatic rings. The molecule has 1 saturated heterocycles. The summed E-state index contributed by atoms with van der Waals surface area (Å²) in [7, 11) is 1.51. The zero-order valence-electron chi connectivity index (χ0n) is 17.9. The minimum Gasteiger partial charge on any atom is -0.493 e. The summed E-state index contributed by atoms with van der Waals surface area (Å²) >= 11 is 0. The molecule has 2 bridgehead atoms. The molecule has 8 nitrogen and oxygen atoms in total. The topological polar surface area (TPSA) is 106 Å². The Labute approximate surface area is 190 Å². The second-order valence-corrected chi connectivity index (χ2v) is 8.44. The minimum absolute atomic E-state index is 0.143. The highest BCUT2D eigenvalue weighted by atomic mass is 16.5. The van der Waals surface area contributed by atoms with Gasteiger partial charge in [-0.25, -0.2) is 4.79 Å². The lowest BCUT2D eigenvalue weighted by molar-refractivity contribution is -0.140. The van der Waals surface area contributed by atoms with Crippen LogP contribution in [-0.4, -0.2) is 41.2 Å². The Morgan fingerprint density at radius 2 is 1.82 bits per heavy atom. The zero-order chi connectivity index (χ0) is 23.1. The van der Waals surface area contributed by atoms with Crippen molar-refractivity contribution in [1.82, 2.24) is 5.01 Å². The van der Waals surface area contributed by atoms with E-state index < -0.39 is 5.97 Å². The SMILES string of the molecule is COc1cc(C=NN2C(=O)[C@@H]3[C@H](C2=O)[C@H]2C=C[C@H]3C2)ccc1OCc1cccc(C(=O)O)c1. The number of imide groups is 1. The first kappa shape index (κ1) is 20.9. The molecule has 2 aliphatic carbocycles. The van der Waals surface area contributed by atoms with Gasteiger partial charge in [-0.15, -0.1) is 0 Å². The van der Waals surface area contributed by atoms with Crippen molar-refractivity contribution in [2.45, 2.75) is 13.0 Å². The average Bonchev–Trinajstić information content (AvgIpc) is 3.51. The molecule has 0 aromatic heterocycles. The Balaban J connectivity index is 1.28. The Bertz CT molecular complexity index is 1170. The highest BCUT2D eigenvalue weighted by molar-refractivity contribution is 6.06. The van der Waals surface area contributed by atoms with E-state index in [4.69, 9.17) is 14.6 Å². The highest BCUT2D eigenvalue weighted by Gasteiger charge is 2.59. The molecule has 0 spiro atoms. The van der Waals surface area contributed by atoms with Crippen LogP contribution in [-0.2, 0) is 16.2 Å². The van der Waals surface area contributed by atoms with Crippen molar-refractivity contribution in [3.63, 3.8) is 0 Å². The molecule has 1 saturated carbocycles. The second-order valence-electron chi connectivity index (χ2n) is 8.44. The van der Waals surface area contributed by atoms with Crippen LogP contribution in [0.15, 0.2) is 59.7 Å². The molecule has 2 aromatic carbocycles. The van der Waals surface area contributed by atoms with Crippen LogP contribution in [0.2, 0.25) is 0 Å². The maximum absolute atomic E-state index is 12.7. The fourth-order valence-corrected chi connectivity index (χ4v) is 4.96. The molecule has 33 heavy (non-hydrogen) atoms. The van der Waals surface area contributed by atoms with Crippen LogP contribution in [0.4, 0.5) is 0 Å². The zero-order valence-corrected chi connectivity index (χ0v) is 17.9. The number of aromatic carboxylic acids is 1. The predicted octanol–water partition coefficient (Wildman–Crippen LogP) is 3.11. The monoisotopic (exact) mass is 446 g/mol. The number of methoxy groups -OCH3 is 1. The van der Waals surface area contributed by atoms with Crippen molar-refractivity contribution in [3.05, 3.63) is 71.3 Å². The van der Waals surface area contributed by atoms with Crippen molar-refractivity contribution in [1.29, 1.82) is 0 Å². The van der Waals surface area contributed by atoms with Gasteiger partial charge >= 0.3 is 5.97 Å². The van der Waals surface area contributed by atoms with Crippen LogP contribution < -0.4 is 9.47 Å². The third-order valence-corrected chi connectivity index (χ3v) is 6.53. The smallest absolute Gasteiger partial charge is 0.335 e. The number of carbonyl (C=O) groups is 3. The van der Waals surface area contributed by atoms with Gasteiger partial charge in [0.2, 0.25) is 0 Å². The molecule has 8 heteroatoms. The van der Waals surface area contributed by atoms with Crippen molar-refractivity contribution in [3.8, 4) is 11.5 Å². The Morgan fingerprint density at radius 3 is 2.48 bits per heavy atom. The van der Waals surface area contributed by atoms with Crippen LogP contribution >= 0.6 is 0 Å². The van der Waals surface area contributed by atoms with Crippen LogP contribution in [0.5, 0.6) is 11.5 Å². The Kier molecular flexibility index (Phi) is 5.20. The van der Waals surface area contributed by atoms with Crippen molar-refractivity contribution < 1.29 is 29.0 Å². The van der Waals surface area contributed by atoms with E-state index in [1.54, 1.807) is 36.4 Å². The normalized spacial score (nSPS) is 25.2. The van der Waals surface area contributed by atoms with E-state index in [0.717, 1.165) is 11.4 Å². The molecule has 3 aliphatic rings. The number of nitrogens with zero attached hydrogens (tertiary/aromatic N) is 2. The molecule has 2 amide bonds. The van der Waals surface area contributed by atoms with E-state index in [-0.39, 0.29) is 47.7 Å². The molecular formula is C25H22N2O6. The summed E-state index contributed by atoms with van der Waals surface area (Å²) in [6.45, 7) is 0.168. The van der Waals surface area contributed by atoms with Gasteiger partial charge in [-0.05, 0) is 59.7 Å². The number of allylic oxidation sites excluding steroid dienone is 2. The van der Waals surface area contributed by atoms with Gasteiger partial charge < -0.3 is 14.6 Å². The van der Waals surface area contributed by atoms with E-state index >= 15 is 0 Å². The summed E-state index contributed by atoms with van der Waals surface area (Å²) in [5.41, 5.74) is 1.54. The van der Waals surface area contributed by atoms with E-state index in [0.29, 0.717) is 22.6 Å². The molecule has 1 N–H and O–H groups in total. The van der Waals surface area contributed by atoms with E-state index in [1.165, 1.54) is 19.4 Å². The van der Waals surface area contributed by atoms with Crippen molar-refractivity contribution >= 4 is 24.0 Å². The van der Waals surface area contributed by atoms with E-state index in [9.17, 15) is 14.4 Å². The van der Waals surface area contributed by atoms with Gasteiger partial charge in [0, 0.05) is 0 Å². The van der Waals surface area contributed by atoms with Crippen LogP contribution in [0.25, 0.3) is 0 Å². The molecule has 4 atom stereocenters. The molecule has 2 fully saturated rings. The summed E-state index contributed by atoms with van der Waals surface area (Å²) in [6, 6.07) is 11.7. The number of amides is 2.